The van der Waals surface area contributed by atoms with E-state index in [9.17, 15) is 4.79 Å². The van der Waals surface area contributed by atoms with Crippen molar-refractivity contribution in [3.05, 3.63) is 54.1 Å². The van der Waals surface area contributed by atoms with Gasteiger partial charge in [-0.2, -0.15) is 0 Å². The minimum absolute atomic E-state index is 0.416. The molecule has 0 heterocycles. The Labute approximate surface area is 140 Å². The molecule has 0 saturated heterocycles. The van der Waals surface area contributed by atoms with Crippen LogP contribution in [0.2, 0.25) is 0 Å². The summed E-state index contributed by atoms with van der Waals surface area (Å²) in [5.41, 5.74) is 2.61. The number of rotatable bonds is 11. The minimum atomic E-state index is -0.416. The van der Waals surface area contributed by atoms with Gasteiger partial charge in [0, 0.05) is 5.56 Å². The molecule has 0 N–H and O–H groups in total. The summed E-state index contributed by atoms with van der Waals surface area (Å²) in [6, 6.07) is 7.39. The monoisotopic (exact) mass is 318 g/mol. The van der Waals surface area contributed by atoms with Gasteiger partial charge in [0.1, 0.15) is 0 Å². The summed E-state index contributed by atoms with van der Waals surface area (Å²) in [5, 5.41) is -0.416. The van der Waals surface area contributed by atoms with Crippen LogP contribution in [0.5, 0.6) is 0 Å². The number of hydrogen-bond acceptors (Lipinski definition) is 1. The van der Waals surface area contributed by atoms with Crippen molar-refractivity contribution in [2.75, 3.05) is 0 Å². The van der Waals surface area contributed by atoms with Crippen molar-refractivity contribution < 1.29 is 4.79 Å². The normalized spacial score (nSPS) is 11.0. The third kappa shape index (κ3) is 7.61. The fourth-order valence-electron chi connectivity index (χ4n) is 2.36. The Morgan fingerprint density at radius 1 is 1.09 bits per heavy atom. The zero-order chi connectivity index (χ0) is 16.2. The molecule has 0 unspecified atom stereocenters. The second-order valence-corrected chi connectivity index (χ2v) is 6.01. The van der Waals surface area contributed by atoms with E-state index < -0.39 is 5.24 Å². The molecule has 0 aromatic heterocycles. The van der Waals surface area contributed by atoms with Crippen LogP contribution in [-0.2, 0) is 0 Å². The summed E-state index contributed by atoms with van der Waals surface area (Å²) in [6.07, 6.45) is 14.2. The van der Waals surface area contributed by atoms with Gasteiger partial charge in [0.05, 0.1) is 0 Å². The van der Waals surface area contributed by atoms with Crippen molar-refractivity contribution in [3.8, 4) is 0 Å². The second kappa shape index (κ2) is 11.3. The van der Waals surface area contributed by atoms with Gasteiger partial charge in [0.2, 0.25) is 0 Å². The van der Waals surface area contributed by atoms with Crippen molar-refractivity contribution in [2.45, 2.75) is 58.3 Å². The summed E-state index contributed by atoms with van der Waals surface area (Å²) >= 11 is 5.51. The first-order valence-corrected chi connectivity index (χ1v) is 8.66. The highest BCUT2D eigenvalue weighted by Gasteiger charge is 2.04. The van der Waals surface area contributed by atoms with Gasteiger partial charge < -0.3 is 0 Å². The maximum atomic E-state index is 11.2. The van der Waals surface area contributed by atoms with E-state index in [1.807, 2.05) is 18.2 Å². The molecule has 22 heavy (non-hydrogen) atoms. The summed E-state index contributed by atoms with van der Waals surface area (Å²) in [4.78, 5) is 11.2. The third-order valence-corrected chi connectivity index (χ3v) is 3.96. The summed E-state index contributed by atoms with van der Waals surface area (Å²) in [6.45, 7) is 6.35. The molecular weight excluding hydrogens is 292 g/mol. The van der Waals surface area contributed by atoms with Gasteiger partial charge >= 0.3 is 0 Å². The molecule has 120 valence electrons. The lowest BCUT2D eigenvalue weighted by Gasteiger charge is -2.06. The SMILES string of the molecule is C=C(CCC/C=C\CCCCCC)c1cccc(C(=O)Cl)c1. The highest BCUT2D eigenvalue weighted by atomic mass is 35.5. The fourth-order valence-corrected chi connectivity index (χ4v) is 2.48. The number of hydrogen-bond donors (Lipinski definition) is 0. The Morgan fingerprint density at radius 2 is 1.77 bits per heavy atom. The van der Waals surface area contributed by atoms with Gasteiger partial charge in [-0.05, 0) is 60.9 Å². The molecule has 0 aliphatic carbocycles. The van der Waals surface area contributed by atoms with Crippen LogP contribution in [0.1, 0.15) is 74.2 Å². The van der Waals surface area contributed by atoms with E-state index in [1.54, 1.807) is 6.07 Å². The Bertz CT molecular complexity index is 502. The van der Waals surface area contributed by atoms with E-state index in [4.69, 9.17) is 11.6 Å². The van der Waals surface area contributed by atoms with Crippen molar-refractivity contribution in [1.29, 1.82) is 0 Å². The van der Waals surface area contributed by atoms with Crippen LogP contribution in [0.25, 0.3) is 5.57 Å². The van der Waals surface area contributed by atoms with Gasteiger partial charge in [-0.15, -0.1) is 0 Å². The van der Waals surface area contributed by atoms with Crippen LogP contribution in [0, 0.1) is 0 Å². The van der Waals surface area contributed by atoms with Crippen molar-refractivity contribution in [1.82, 2.24) is 0 Å². The Morgan fingerprint density at radius 3 is 2.45 bits per heavy atom. The summed E-state index contributed by atoms with van der Waals surface area (Å²) < 4.78 is 0. The standard InChI is InChI=1S/C20H27ClO/c1-3-4-5-6-7-8-9-10-11-13-17(2)18-14-12-15-19(16-18)20(21)22/h8-9,12,14-16H,2-7,10-11,13H2,1H3/b9-8-. The number of carbonyl (C=O) groups excluding carboxylic acids is 1. The largest absolute Gasteiger partial charge is 0.276 e. The van der Waals surface area contributed by atoms with E-state index >= 15 is 0 Å². The third-order valence-electron chi connectivity index (χ3n) is 3.74. The highest BCUT2D eigenvalue weighted by Crippen LogP contribution is 2.20. The van der Waals surface area contributed by atoms with Crippen LogP contribution in [-0.4, -0.2) is 5.24 Å². The van der Waals surface area contributed by atoms with Crippen molar-refractivity contribution >= 4 is 22.4 Å². The van der Waals surface area contributed by atoms with Crippen molar-refractivity contribution in [2.24, 2.45) is 0 Å². The lowest BCUT2D eigenvalue weighted by atomic mass is 10.00. The molecule has 1 rings (SSSR count). The van der Waals surface area contributed by atoms with Gasteiger partial charge in [0.15, 0.2) is 0 Å². The molecule has 0 aliphatic rings. The molecule has 0 saturated carbocycles. The minimum Gasteiger partial charge on any atom is -0.276 e. The highest BCUT2D eigenvalue weighted by molar-refractivity contribution is 6.67. The Kier molecular flexibility index (Phi) is 9.57. The summed E-state index contributed by atoms with van der Waals surface area (Å²) in [7, 11) is 0. The van der Waals surface area contributed by atoms with Crippen LogP contribution < -0.4 is 0 Å². The number of unbranched alkanes of at least 4 members (excludes halogenated alkanes) is 5. The molecule has 1 aromatic rings. The zero-order valence-electron chi connectivity index (χ0n) is 13.6. The van der Waals surface area contributed by atoms with Gasteiger partial charge in [-0.1, -0.05) is 63.1 Å². The van der Waals surface area contributed by atoms with Gasteiger partial charge in [-0.25, -0.2) is 0 Å². The molecule has 0 amide bonds. The van der Waals surface area contributed by atoms with E-state index in [0.29, 0.717) is 5.56 Å². The fraction of sp³-hybridized carbons (Fsp3) is 0.450. The zero-order valence-corrected chi connectivity index (χ0v) is 14.4. The summed E-state index contributed by atoms with van der Waals surface area (Å²) in [5.74, 6) is 0. The topological polar surface area (TPSA) is 17.1 Å². The molecule has 0 aliphatic heterocycles. The molecule has 2 heteroatoms. The van der Waals surface area contributed by atoms with Crippen LogP contribution in [0.15, 0.2) is 43.0 Å². The molecule has 0 fully saturated rings. The number of halogens is 1. The molecule has 0 atom stereocenters. The Hall–Kier alpha value is -1.34. The van der Waals surface area contributed by atoms with E-state index in [1.165, 1.54) is 32.1 Å². The molecule has 1 aromatic carbocycles. The first-order chi connectivity index (χ1) is 10.6. The van der Waals surface area contributed by atoms with E-state index in [-0.39, 0.29) is 0 Å². The Balaban J connectivity index is 2.24. The first kappa shape index (κ1) is 18.7. The molecule has 0 spiro atoms. The quantitative estimate of drug-likeness (QED) is 0.250. The smallest absolute Gasteiger partial charge is 0.252 e. The number of allylic oxidation sites excluding steroid dienone is 3. The van der Waals surface area contributed by atoms with Crippen molar-refractivity contribution in [3.63, 3.8) is 0 Å². The van der Waals surface area contributed by atoms with Crippen LogP contribution in [0.4, 0.5) is 0 Å². The maximum absolute atomic E-state index is 11.2. The van der Waals surface area contributed by atoms with E-state index in [2.05, 4.69) is 25.7 Å². The predicted molar refractivity (Wildman–Crippen MR) is 97.4 cm³/mol. The van der Waals surface area contributed by atoms with Gasteiger partial charge in [-0.3, -0.25) is 4.79 Å². The predicted octanol–water partition coefficient (Wildman–Crippen LogP) is 6.78. The lowest BCUT2D eigenvalue weighted by Crippen LogP contribution is -1.91. The molecule has 0 radical (unpaired) electrons. The van der Waals surface area contributed by atoms with Crippen LogP contribution >= 0.6 is 11.6 Å². The number of carbonyl (C=O) groups is 1. The lowest BCUT2D eigenvalue weighted by molar-refractivity contribution is 0.108. The van der Waals surface area contributed by atoms with E-state index in [0.717, 1.165) is 30.4 Å². The number of benzene rings is 1. The average molecular weight is 319 g/mol. The average Bonchev–Trinajstić information content (AvgIpc) is 2.53. The maximum Gasteiger partial charge on any atom is 0.252 e. The molecule has 0 bridgehead atoms. The molecule has 1 nitrogen and oxygen atoms in total. The van der Waals surface area contributed by atoms with Crippen LogP contribution in [0.3, 0.4) is 0 Å². The first-order valence-electron chi connectivity index (χ1n) is 8.28. The molecular formula is C20H27ClO. The second-order valence-electron chi connectivity index (χ2n) is 5.67. The van der Waals surface area contributed by atoms with Gasteiger partial charge in [0.25, 0.3) is 5.24 Å².